The molecule has 0 saturated heterocycles. The quantitative estimate of drug-likeness (QED) is 0.595. The fourth-order valence-corrected chi connectivity index (χ4v) is 1.39. The van der Waals surface area contributed by atoms with E-state index in [2.05, 4.69) is 33.0 Å². The SMILES string of the molecule is CCCNCCCCCCOC(C)(C)C. The smallest absolute Gasteiger partial charge is 0.0598 e. The number of unbranched alkanes of at least 4 members (excludes halogenated alkanes) is 3. The molecule has 0 atom stereocenters. The number of rotatable bonds is 9. The van der Waals surface area contributed by atoms with Gasteiger partial charge in [-0.2, -0.15) is 0 Å². The highest BCUT2D eigenvalue weighted by Crippen LogP contribution is 2.08. The van der Waals surface area contributed by atoms with Crippen molar-refractivity contribution in [1.29, 1.82) is 0 Å². The molecule has 0 aromatic carbocycles. The van der Waals surface area contributed by atoms with Crippen LogP contribution in [0, 0.1) is 0 Å². The molecule has 92 valence electrons. The number of hydrogen-bond acceptors (Lipinski definition) is 2. The van der Waals surface area contributed by atoms with Crippen molar-refractivity contribution in [2.45, 2.75) is 65.4 Å². The first-order chi connectivity index (χ1) is 7.06. The van der Waals surface area contributed by atoms with Crippen molar-refractivity contribution in [2.75, 3.05) is 19.7 Å². The molecule has 0 spiro atoms. The Labute approximate surface area is 95.8 Å². The molecule has 0 fully saturated rings. The largest absolute Gasteiger partial charge is 0.376 e. The lowest BCUT2D eigenvalue weighted by molar-refractivity contribution is -0.00473. The third kappa shape index (κ3) is 13.9. The minimum Gasteiger partial charge on any atom is -0.376 e. The molecule has 0 saturated carbocycles. The predicted octanol–water partition coefficient (Wildman–Crippen LogP) is 3.36. The van der Waals surface area contributed by atoms with E-state index in [0.717, 1.165) is 13.2 Å². The fraction of sp³-hybridized carbons (Fsp3) is 1.00. The Morgan fingerprint density at radius 2 is 1.60 bits per heavy atom. The van der Waals surface area contributed by atoms with Gasteiger partial charge < -0.3 is 10.1 Å². The Morgan fingerprint density at radius 3 is 2.20 bits per heavy atom. The predicted molar refractivity (Wildman–Crippen MR) is 67.3 cm³/mol. The van der Waals surface area contributed by atoms with Crippen molar-refractivity contribution < 1.29 is 4.74 Å². The van der Waals surface area contributed by atoms with E-state index in [1.807, 2.05) is 0 Å². The van der Waals surface area contributed by atoms with Crippen molar-refractivity contribution in [3.8, 4) is 0 Å². The van der Waals surface area contributed by atoms with E-state index in [-0.39, 0.29) is 5.60 Å². The van der Waals surface area contributed by atoms with Crippen LogP contribution in [0.4, 0.5) is 0 Å². The van der Waals surface area contributed by atoms with Gasteiger partial charge in [-0.05, 0) is 53.1 Å². The molecule has 0 rings (SSSR count). The maximum atomic E-state index is 5.66. The zero-order valence-corrected chi connectivity index (χ0v) is 11.1. The second kappa shape index (κ2) is 9.17. The summed E-state index contributed by atoms with van der Waals surface area (Å²) >= 11 is 0. The molecule has 0 unspecified atom stereocenters. The Morgan fingerprint density at radius 1 is 0.933 bits per heavy atom. The van der Waals surface area contributed by atoms with Crippen LogP contribution in [0.1, 0.15) is 59.8 Å². The molecule has 0 aliphatic heterocycles. The normalized spacial score (nSPS) is 12.0. The molecule has 1 N–H and O–H groups in total. The summed E-state index contributed by atoms with van der Waals surface area (Å²) < 4.78 is 5.66. The highest BCUT2D eigenvalue weighted by molar-refractivity contribution is 4.58. The van der Waals surface area contributed by atoms with E-state index in [1.165, 1.54) is 38.6 Å². The van der Waals surface area contributed by atoms with Crippen LogP contribution < -0.4 is 5.32 Å². The Balaban J connectivity index is 2.99. The van der Waals surface area contributed by atoms with Gasteiger partial charge in [0.1, 0.15) is 0 Å². The summed E-state index contributed by atoms with van der Waals surface area (Å²) in [4.78, 5) is 0. The average Bonchev–Trinajstić information content (AvgIpc) is 2.14. The van der Waals surface area contributed by atoms with Crippen molar-refractivity contribution in [1.82, 2.24) is 5.32 Å². The molecule has 0 amide bonds. The summed E-state index contributed by atoms with van der Waals surface area (Å²) in [5.74, 6) is 0. The summed E-state index contributed by atoms with van der Waals surface area (Å²) in [7, 11) is 0. The first-order valence-electron chi connectivity index (χ1n) is 6.41. The van der Waals surface area contributed by atoms with Gasteiger partial charge in [0.15, 0.2) is 0 Å². The molecule has 0 aliphatic rings. The lowest BCUT2D eigenvalue weighted by Gasteiger charge is -2.19. The molecular weight excluding hydrogens is 186 g/mol. The first-order valence-corrected chi connectivity index (χ1v) is 6.41. The van der Waals surface area contributed by atoms with Gasteiger partial charge in [0.2, 0.25) is 0 Å². The Kier molecular flexibility index (Phi) is 9.12. The van der Waals surface area contributed by atoms with Gasteiger partial charge in [-0.1, -0.05) is 19.8 Å². The molecular formula is C13H29NO. The van der Waals surface area contributed by atoms with E-state index in [9.17, 15) is 0 Å². The monoisotopic (exact) mass is 215 g/mol. The van der Waals surface area contributed by atoms with Crippen LogP contribution in [0.5, 0.6) is 0 Å². The topological polar surface area (TPSA) is 21.3 Å². The second-order valence-electron chi connectivity index (χ2n) is 5.13. The van der Waals surface area contributed by atoms with Crippen LogP contribution in [0.25, 0.3) is 0 Å². The Hall–Kier alpha value is -0.0800. The van der Waals surface area contributed by atoms with E-state index in [4.69, 9.17) is 4.74 Å². The van der Waals surface area contributed by atoms with Gasteiger partial charge in [-0.25, -0.2) is 0 Å². The maximum absolute atomic E-state index is 5.66. The molecule has 0 aromatic rings. The summed E-state index contributed by atoms with van der Waals surface area (Å²) in [6, 6.07) is 0. The van der Waals surface area contributed by atoms with Crippen molar-refractivity contribution in [3.05, 3.63) is 0 Å². The van der Waals surface area contributed by atoms with E-state index in [0.29, 0.717) is 0 Å². The second-order valence-corrected chi connectivity index (χ2v) is 5.13. The van der Waals surface area contributed by atoms with Gasteiger partial charge >= 0.3 is 0 Å². The molecule has 2 nitrogen and oxygen atoms in total. The van der Waals surface area contributed by atoms with Crippen LogP contribution in [-0.2, 0) is 4.74 Å². The van der Waals surface area contributed by atoms with Gasteiger partial charge in [0.25, 0.3) is 0 Å². The summed E-state index contributed by atoms with van der Waals surface area (Å²) in [6.07, 6.45) is 6.36. The van der Waals surface area contributed by atoms with Gasteiger partial charge in [-0.3, -0.25) is 0 Å². The average molecular weight is 215 g/mol. The molecule has 2 heteroatoms. The maximum Gasteiger partial charge on any atom is 0.0598 e. The number of ether oxygens (including phenoxy) is 1. The van der Waals surface area contributed by atoms with Crippen LogP contribution >= 0.6 is 0 Å². The van der Waals surface area contributed by atoms with E-state index < -0.39 is 0 Å². The van der Waals surface area contributed by atoms with Gasteiger partial charge in [-0.15, -0.1) is 0 Å². The minimum atomic E-state index is 0.0304. The molecule has 15 heavy (non-hydrogen) atoms. The van der Waals surface area contributed by atoms with E-state index >= 15 is 0 Å². The molecule has 0 radical (unpaired) electrons. The molecule has 0 bridgehead atoms. The highest BCUT2D eigenvalue weighted by Gasteiger charge is 2.08. The highest BCUT2D eigenvalue weighted by atomic mass is 16.5. The molecule has 0 heterocycles. The zero-order valence-electron chi connectivity index (χ0n) is 11.1. The number of nitrogens with one attached hydrogen (secondary N) is 1. The lowest BCUT2D eigenvalue weighted by Crippen LogP contribution is -2.19. The molecule has 0 aliphatic carbocycles. The van der Waals surface area contributed by atoms with Crippen molar-refractivity contribution in [3.63, 3.8) is 0 Å². The third-order valence-corrected chi connectivity index (χ3v) is 2.21. The summed E-state index contributed by atoms with van der Waals surface area (Å²) in [6.45, 7) is 11.8. The minimum absolute atomic E-state index is 0.0304. The van der Waals surface area contributed by atoms with Gasteiger partial charge in [0, 0.05) is 6.61 Å². The zero-order chi connectivity index (χ0) is 11.6. The summed E-state index contributed by atoms with van der Waals surface area (Å²) in [5, 5.41) is 3.42. The number of hydrogen-bond donors (Lipinski definition) is 1. The van der Waals surface area contributed by atoms with Crippen molar-refractivity contribution >= 4 is 0 Å². The molecule has 0 aromatic heterocycles. The van der Waals surface area contributed by atoms with Gasteiger partial charge in [0.05, 0.1) is 5.60 Å². The first kappa shape index (κ1) is 14.9. The standard InChI is InChI=1S/C13H29NO/c1-5-10-14-11-8-6-7-9-12-15-13(2,3)4/h14H,5-12H2,1-4H3. The van der Waals surface area contributed by atoms with E-state index in [1.54, 1.807) is 0 Å². The van der Waals surface area contributed by atoms with Crippen LogP contribution in [-0.4, -0.2) is 25.3 Å². The fourth-order valence-electron chi connectivity index (χ4n) is 1.39. The van der Waals surface area contributed by atoms with Crippen molar-refractivity contribution in [2.24, 2.45) is 0 Å². The van der Waals surface area contributed by atoms with Crippen LogP contribution in [0.2, 0.25) is 0 Å². The Bertz CT molecular complexity index is 129. The van der Waals surface area contributed by atoms with Crippen LogP contribution in [0.15, 0.2) is 0 Å². The lowest BCUT2D eigenvalue weighted by atomic mass is 10.1. The third-order valence-electron chi connectivity index (χ3n) is 2.21. The summed E-state index contributed by atoms with van der Waals surface area (Å²) in [5.41, 5.74) is 0.0304. The van der Waals surface area contributed by atoms with Crippen LogP contribution in [0.3, 0.4) is 0 Å².